The third-order valence-corrected chi connectivity index (χ3v) is 7.03. The summed E-state index contributed by atoms with van der Waals surface area (Å²) in [5.41, 5.74) is 3.10. The zero-order valence-electron chi connectivity index (χ0n) is 18.2. The van der Waals surface area contributed by atoms with E-state index in [9.17, 15) is 13.2 Å². The summed E-state index contributed by atoms with van der Waals surface area (Å²) in [4.78, 5) is 12.7. The maximum atomic E-state index is 13.1. The Morgan fingerprint density at radius 3 is 2.27 bits per heavy atom. The summed E-state index contributed by atoms with van der Waals surface area (Å²) in [6, 6.07) is 24.2. The molecule has 1 aromatic heterocycles. The molecule has 0 spiro atoms. The summed E-state index contributed by atoms with van der Waals surface area (Å²) in [6.45, 7) is 4.06. The molecule has 0 saturated heterocycles. The van der Waals surface area contributed by atoms with Crippen molar-refractivity contribution in [3.8, 4) is 11.3 Å². The fourth-order valence-corrected chi connectivity index (χ4v) is 4.83. The summed E-state index contributed by atoms with van der Waals surface area (Å²) in [5.74, 6) is 0.0364. The lowest BCUT2D eigenvalue weighted by Crippen LogP contribution is -2.30. The van der Waals surface area contributed by atoms with Gasteiger partial charge in [-0.05, 0) is 50.2 Å². The fourth-order valence-electron chi connectivity index (χ4n) is 3.35. The highest BCUT2D eigenvalue weighted by Crippen LogP contribution is 2.25. The van der Waals surface area contributed by atoms with Crippen LogP contribution in [0.5, 0.6) is 0 Å². The van der Waals surface area contributed by atoms with Gasteiger partial charge in [0.2, 0.25) is 0 Å². The van der Waals surface area contributed by atoms with E-state index in [1.807, 2.05) is 37.3 Å². The van der Waals surface area contributed by atoms with E-state index in [1.165, 1.54) is 16.4 Å². The molecule has 1 heterocycles. The fraction of sp³-hybridized carbons (Fsp3) is 0.120. The number of aromatic nitrogens is 1. The number of nitrogens with one attached hydrogen (secondary N) is 1. The van der Waals surface area contributed by atoms with Crippen molar-refractivity contribution >= 4 is 27.3 Å². The molecule has 168 valence electrons. The number of hydrogen-bond acceptors (Lipinski definition) is 5. The van der Waals surface area contributed by atoms with Gasteiger partial charge < -0.3 is 9.84 Å². The number of hydrogen-bond donors (Lipinski definition) is 1. The van der Waals surface area contributed by atoms with E-state index in [2.05, 4.69) is 10.5 Å². The Morgan fingerprint density at radius 1 is 0.970 bits per heavy atom. The van der Waals surface area contributed by atoms with Crippen molar-refractivity contribution < 1.29 is 17.7 Å². The molecule has 7 nitrogen and oxygen atoms in total. The van der Waals surface area contributed by atoms with Crippen LogP contribution in [0.15, 0.2) is 94.3 Å². The molecule has 0 bridgehead atoms. The summed E-state index contributed by atoms with van der Waals surface area (Å²) in [5, 5.41) is 6.56. The second kappa shape index (κ2) is 9.30. The first-order valence-electron chi connectivity index (χ1n) is 10.4. The molecule has 0 atom stereocenters. The second-order valence-corrected chi connectivity index (χ2v) is 9.29. The van der Waals surface area contributed by atoms with Crippen LogP contribution in [0.2, 0.25) is 0 Å². The average Bonchev–Trinajstić information content (AvgIpc) is 3.31. The molecule has 0 aliphatic heterocycles. The van der Waals surface area contributed by atoms with E-state index in [-0.39, 0.29) is 10.6 Å². The predicted molar refractivity (Wildman–Crippen MR) is 128 cm³/mol. The monoisotopic (exact) mass is 461 g/mol. The number of carbonyl (C=O) groups excluding carboxylic acids is 1. The Morgan fingerprint density at radius 2 is 1.64 bits per heavy atom. The SMILES string of the molecule is CCN(c1ccccc1)S(=O)(=O)c1ccc(NC(=O)c2cc(-c3ccc(C)cc3)on2)cc1. The smallest absolute Gasteiger partial charge is 0.277 e. The van der Waals surface area contributed by atoms with Gasteiger partial charge in [0.15, 0.2) is 11.5 Å². The second-order valence-electron chi connectivity index (χ2n) is 7.43. The van der Waals surface area contributed by atoms with Gasteiger partial charge in [-0.15, -0.1) is 0 Å². The maximum absolute atomic E-state index is 13.1. The first-order chi connectivity index (χ1) is 15.9. The predicted octanol–water partition coefficient (Wildman–Crippen LogP) is 5.12. The molecule has 0 radical (unpaired) electrons. The van der Waals surface area contributed by atoms with Gasteiger partial charge >= 0.3 is 0 Å². The van der Waals surface area contributed by atoms with Gasteiger partial charge in [0, 0.05) is 23.9 Å². The Hall–Kier alpha value is -3.91. The van der Waals surface area contributed by atoms with Gasteiger partial charge in [0.05, 0.1) is 10.6 Å². The molecule has 0 fully saturated rings. The molecule has 3 aromatic carbocycles. The molecule has 8 heteroatoms. The van der Waals surface area contributed by atoms with Crippen LogP contribution in [0, 0.1) is 6.92 Å². The zero-order chi connectivity index (χ0) is 23.4. The lowest BCUT2D eigenvalue weighted by atomic mass is 10.1. The van der Waals surface area contributed by atoms with E-state index >= 15 is 0 Å². The minimum Gasteiger partial charge on any atom is -0.355 e. The first-order valence-corrected chi connectivity index (χ1v) is 11.9. The lowest BCUT2D eigenvalue weighted by molar-refractivity contribution is 0.101. The molecule has 0 aliphatic carbocycles. The zero-order valence-corrected chi connectivity index (χ0v) is 19.0. The number of aryl methyl sites for hydroxylation is 1. The number of sulfonamides is 1. The Bertz CT molecular complexity index is 1350. The third kappa shape index (κ3) is 4.80. The van der Waals surface area contributed by atoms with E-state index in [4.69, 9.17) is 4.52 Å². The van der Waals surface area contributed by atoms with Crippen LogP contribution in [0.1, 0.15) is 23.0 Å². The molecule has 1 N–H and O–H groups in total. The van der Waals surface area contributed by atoms with Gasteiger partial charge in [0.25, 0.3) is 15.9 Å². The van der Waals surface area contributed by atoms with Gasteiger partial charge in [0.1, 0.15) is 0 Å². The Balaban J connectivity index is 1.48. The Kier molecular flexibility index (Phi) is 6.28. The van der Waals surface area contributed by atoms with E-state index in [0.29, 0.717) is 23.7 Å². The van der Waals surface area contributed by atoms with E-state index < -0.39 is 15.9 Å². The van der Waals surface area contributed by atoms with Crippen molar-refractivity contribution in [1.82, 2.24) is 5.16 Å². The number of amides is 1. The summed E-state index contributed by atoms with van der Waals surface area (Å²) < 4.78 is 32.8. The molecule has 4 aromatic rings. The number of anilines is 2. The number of benzene rings is 3. The van der Waals surface area contributed by atoms with Gasteiger partial charge in [-0.2, -0.15) is 0 Å². The van der Waals surface area contributed by atoms with Crippen molar-refractivity contribution in [2.75, 3.05) is 16.2 Å². The van der Waals surface area contributed by atoms with Crippen molar-refractivity contribution in [3.63, 3.8) is 0 Å². The normalized spacial score (nSPS) is 11.2. The molecule has 0 unspecified atom stereocenters. The number of nitrogens with zero attached hydrogens (tertiary/aromatic N) is 2. The summed E-state index contributed by atoms with van der Waals surface area (Å²) >= 11 is 0. The number of carbonyl (C=O) groups is 1. The lowest BCUT2D eigenvalue weighted by Gasteiger charge is -2.23. The minimum atomic E-state index is -3.74. The standard InChI is InChI=1S/C25H23N3O4S/c1-3-28(21-7-5-4-6-8-21)33(30,31)22-15-13-20(14-16-22)26-25(29)23-17-24(32-27-23)19-11-9-18(2)10-12-19/h4-17H,3H2,1-2H3,(H,26,29). The highest BCUT2D eigenvalue weighted by atomic mass is 32.2. The van der Waals surface area contributed by atoms with Crippen LogP contribution in [-0.4, -0.2) is 26.0 Å². The van der Waals surface area contributed by atoms with Crippen LogP contribution < -0.4 is 9.62 Å². The molecule has 0 saturated carbocycles. The van der Waals surface area contributed by atoms with Gasteiger partial charge in [-0.1, -0.05) is 53.2 Å². The highest BCUT2D eigenvalue weighted by Gasteiger charge is 2.23. The largest absolute Gasteiger partial charge is 0.355 e. The van der Waals surface area contributed by atoms with Crippen molar-refractivity contribution in [1.29, 1.82) is 0 Å². The van der Waals surface area contributed by atoms with E-state index in [1.54, 1.807) is 49.4 Å². The van der Waals surface area contributed by atoms with Crippen LogP contribution in [-0.2, 0) is 10.0 Å². The topological polar surface area (TPSA) is 92.5 Å². The minimum absolute atomic E-state index is 0.128. The van der Waals surface area contributed by atoms with Crippen molar-refractivity contribution in [3.05, 3.63) is 96.2 Å². The van der Waals surface area contributed by atoms with Crippen molar-refractivity contribution in [2.45, 2.75) is 18.7 Å². The molecule has 33 heavy (non-hydrogen) atoms. The molecule has 4 rings (SSSR count). The summed E-state index contributed by atoms with van der Waals surface area (Å²) in [6.07, 6.45) is 0. The quantitative estimate of drug-likeness (QED) is 0.412. The van der Waals surface area contributed by atoms with Gasteiger partial charge in [-0.25, -0.2) is 8.42 Å². The average molecular weight is 462 g/mol. The molecule has 0 aliphatic rings. The van der Waals surface area contributed by atoms with Gasteiger partial charge in [-0.3, -0.25) is 9.10 Å². The third-order valence-electron chi connectivity index (χ3n) is 5.11. The summed E-state index contributed by atoms with van der Waals surface area (Å²) in [7, 11) is -3.74. The molecule has 1 amide bonds. The van der Waals surface area contributed by atoms with Crippen LogP contribution in [0.4, 0.5) is 11.4 Å². The maximum Gasteiger partial charge on any atom is 0.277 e. The Labute approximate surface area is 192 Å². The van der Waals surface area contributed by atoms with Crippen molar-refractivity contribution in [2.24, 2.45) is 0 Å². The number of para-hydroxylation sites is 1. The van der Waals surface area contributed by atoms with E-state index in [0.717, 1.165) is 11.1 Å². The number of rotatable bonds is 7. The first kappa shape index (κ1) is 22.3. The van der Waals surface area contributed by atoms with Crippen LogP contribution in [0.3, 0.4) is 0 Å². The van der Waals surface area contributed by atoms with Crippen LogP contribution >= 0.6 is 0 Å². The molecular weight excluding hydrogens is 438 g/mol. The van der Waals surface area contributed by atoms with Crippen LogP contribution in [0.25, 0.3) is 11.3 Å². The highest BCUT2D eigenvalue weighted by molar-refractivity contribution is 7.92. The molecular formula is C25H23N3O4S.